The third kappa shape index (κ3) is 4.02. The normalized spacial score (nSPS) is 13.1. The van der Waals surface area contributed by atoms with E-state index in [0.29, 0.717) is 6.04 Å². The minimum atomic E-state index is 0.490. The molecule has 1 aromatic rings. The summed E-state index contributed by atoms with van der Waals surface area (Å²) in [6.45, 7) is 4.17. The van der Waals surface area contributed by atoms with E-state index in [1.54, 1.807) is 0 Å². The van der Waals surface area contributed by atoms with E-state index >= 15 is 0 Å². The van der Waals surface area contributed by atoms with E-state index in [-0.39, 0.29) is 0 Å². The molecule has 2 heteroatoms. The van der Waals surface area contributed by atoms with Crippen LogP contribution in [0.3, 0.4) is 0 Å². The Morgan fingerprint density at radius 3 is 2.47 bits per heavy atom. The van der Waals surface area contributed by atoms with Gasteiger partial charge in [0.15, 0.2) is 0 Å². The second-order valence-electron chi connectivity index (χ2n) is 4.06. The molecule has 0 radical (unpaired) electrons. The van der Waals surface area contributed by atoms with Crippen LogP contribution in [0.1, 0.15) is 31.4 Å². The maximum Gasteiger partial charge on any atom is 0.0316 e. The summed E-state index contributed by atoms with van der Waals surface area (Å²) in [5.41, 5.74) is 6.87. The molecule has 1 unspecified atom stereocenters. The molecule has 0 heterocycles. The Kier molecular flexibility index (Phi) is 5.37. The number of nitrogens with zero attached hydrogens (tertiary/aromatic N) is 1. The van der Waals surface area contributed by atoms with Gasteiger partial charge < -0.3 is 5.73 Å². The molecule has 0 saturated carbocycles. The monoisotopic (exact) mass is 206 g/mol. The van der Waals surface area contributed by atoms with Gasteiger partial charge in [0.1, 0.15) is 0 Å². The summed E-state index contributed by atoms with van der Waals surface area (Å²) in [6.07, 6.45) is 2.30. The minimum Gasteiger partial charge on any atom is -0.330 e. The zero-order valence-corrected chi connectivity index (χ0v) is 9.82. The summed E-state index contributed by atoms with van der Waals surface area (Å²) < 4.78 is 0. The van der Waals surface area contributed by atoms with Crippen LogP contribution in [0, 0.1) is 0 Å². The fraction of sp³-hybridized carbons (Fsp3) is 0.538. The molecular formula is C13H22N2. The van der Waals surface area contributed by atoms with Crippen LogP contribution in [-0.4, -0.2) is 25.0 Å². The molecule has 0 aromatic heterocycles. The van der Waals surface area contributed by atoms with Gasteiger partial charge in [0.05, 0.1) is 0 Å². The molecule has 84 valence electrons. The van der Waals surface area contributed by atoms with Crippen molar-refractivity contribution in [1.29, 1.82) is 0 Å². The molecule has 1 rings (SSSR count). The zero-order chi connectivity index (χ0) is 11.1. The molecule has 1 atom stereocenters. The van der Waals surface area contributed by atoms with Crippen LogP contribution in [-0.2, 0) is 0 Å². The van der Waals surface area contributed by atoms with Crippen LogP contribution in [0.5, 0.6) is 0 Å². The van der Waals surface area contributed by atoms with Crippen molar-refractivity contribution in [1.82, 2.24) is 4.90 Å². The first-order valence-electron chi connectivity index (χ1n) is 5.71. The van der Waals surface area contributed by atoms with E-state index in [4.69, 9.17) is 5.73 Å². The maximum absolute atomic E-state index is 5.48. The van der Waals surface area contributed by atoms with E-state index < -0.39 is 0 Å². The standard InChI is InChI=1S/C13H22N2/c1-12(13-8-4-3-5-9-13)15(2)11-7-6-10-14/h3-5,8-9,12H,6-7,10-11,14H2,1-2H3. The SMILES string of the molecule is CC(c1ccccc1)N(C)CCCCN. The summed E-state index contributed by atoms with van der Waals surface area (Å²) >= 11 is 0. The van der Waals surface area contributed by atoms with Gasteiger partial charge in [-0.05, 0) is 45.5 Å². The van der Waals surface area contributed by atoms with E-state index in [9.17, 15) is 0 Å². The number of nitrogens with two attached hydrogens (primary N) is 1. The molecule has 15 heavy (non-hydrogen) atoms. The molecule has 0 aliphatic carbocycles. The first kappa shape index (κ1) is 12.2. The van der Waals surface area contributed by atoms with Gasteiger partial charge in [-0.3, -0.25) is 4.90 Å². The lowest BCUT2D eigenvalue weighted by Crippen LogP contribution is -2.24. The lowest BCUT2D eigenvalue weighted by atomic mass is 10.1. The van der Waals surface area contributed by atoms with Crippen molar-refractivity contribution >= 4 is 0 Å². The molecular weight excluding hydrogens is 184 g/mol. The van der Waals surface area contributed by atoms with Crippen molar-refractivity contribution in [3.63, 3.8) is 0 Å². The van der Waals surface area contributed by atoms with Crippen molar-refractivity contribution in [3.05, 3.63) is 35.9 Å². The number of hydrogen-bond donors (Lipinski definition) is 1. The van der Waals surface area contributed by atoms with Crippen LogP contribution in [0.15, 0.2) is 30.3 Å². The molecule has 0 aliphatic rings. The quantitative estimate of drug-likeness (QED) is 0.724. The smallest absolute Gasteiger partial charge is 0.0316 e. The van der Waals surface area contributed by atoms with Gasteiger partial charge in [-0.2, -0.15) is 0 Å². The van der Waals surface area contributed by atoms with Gasteiger partial charge >= 0.3 is 0 Å². The van der Waals surface area contributed by atoms with E-state index in [0.717, 1.165) is 19.5 Å². The van der Waals surface area contributed by atoms with Gasteiger partial charge in [0.2, 0.25) is 0 Å². The topological polar surface area (TPSA) is 29.3 Å². The predicted molar refractivity (Wildman–Crippen MR) is 65.8 cm³/mol. The number of unbranched alkanes of at least 4 members (excludes halogenated alkanes) is 1. The maximum atomic E-state index is 5.48. The lowest BCUT2D eigenvalue weighted by Gasteiger charge is -2.24. The van der Waals surface area contributed by atoms with E-state index in [1.165, 1.54) is 12.0 Å². The third-order valence-corrected chi connectivity index (χ3v) is 2.91. The largest absolute Gasteiger partial charge is 0.330 e. The molecule has 2 nitrogen and oxygen atoms in total. The van der Waals surface area contributed by atoms with Crippen molar-refractivity contribution < 1.29 is 0 Å². The van der Waals surface area contributed by atoms with Gasteiger partial charge in [-0.15, -0.1) is 0 Å². The van der Waals surface area contributed by atoms with Crippen molar-refractivity contribution in [2.75, 3.05) is 20.1 Å². The zero-order valence-electron chi connectivity index (χ0n) is 9.82. The summed E-state index contributed by atoms with van der Waals surface area (Å²) in [7, 11) is 2.17. The summed E-state index contributed by atoms with van der Waals surface area (Å²) in [5, 5.41) is 0. The Hall–Kier alpha value is -0.860. The summed E-state index contributed by atoms with van der Waals surface area (Å²) in [4.78, 5) is 2.38. The Balaban J connectivity index is 2.42. The fourth-order valence-electron chi connectivity index (χ4n) is 1.69. The summed E-state index contributed by atoms with van der Waals surface area (Å²) in [6, 6.07) is 11.1. The van der Waals surface area contributed by atoms with Crippen LogP contribution < -0.4 is 5.73 Å². The van der Waals surface area contributed by atoms with Gasteiger partial charge in [0.25, 0.3) is 0 Å². The lowest BCUT2D eigenvalue weighted by molar-refractivity contribution is 0.257. The van der Waals surface area contributed by atoms with Crippen LogP contribution in [0.25, 0.3) is 0 Å². The van der Waals surface area contributed by atoms with Gasteiger partial charge in [-0.25, -0.2) is 0 Å². The number of hydrogen-bond acceptors (Lipinski definition) is 2. The minimum absolute atomic E-state index is 0.490. The number of benzene rings is 1. The van der Waals surface area contributed by atoms with E-state index in [2.05, 4.69) is 49.2 Å². The average Bonchev–Trinajstić information content (AvgIpc) is 2.29. The van der Waals surface area contributed by atoms with Crippen molar-refractivity contribution in [2.45, 2.75) is 25.8 Å². The third-order valence-electron chi connectivity index (χ3n) is 2.91. The second-order valence-corrected chi connectivity index (χ2v) is 4.06. The second kappa shape index (κ2) is 6.59. The molecule has 0 amide bonds. The highest BCUT2D eigenvalue weighted by molar-refractivity contribution is 5.18. The van der Waals surface area contributed by atoms with Crippen LogP contribution >= 0.6 is 0 Å². The van der Waals surface area contributed by atoms with Crippen LogP contribution in [0.4, 0.5) is 0 Å². The fourth-order valence-corrected chi connectivity index (χ4v) is 1.69. The Morgan fingerprint density at radius 2 is 1.87 bits per heavy atom. The highest BCUT2D eigenvalue weighted by Gasteiger charge is 2.09. The Bertz CT molecular complexity index is 258. The number of rotatable bonds is 6. The van der Waals surface area contributed by atoms with Crippen LogP contribution in [0.2, 0.25) is 0 Å². The molecule has 0 spiro atoms. The first-order chi connectivity index (χ1) is 7.25. The van der Waals surface area contributed by atoms with Crippen molar-refractivity contribution in [2.24, 2.45) is 5.73 Å². The van der Waals surface area contributed by atoms with E-state index in [1.807, 2.05) is 0 Å². The highest BCUT2D eigenvalue weighted by atomic mass is 15.1. The Morgan fingerprint density at radius 1 is 1.20 bits per heavy atom. The molecule has 0 saturated heterocycles. The average molecular weight is 206 g/mol. The van der Waals surface area contributed by atoms with Gasteiger partial charge in [0, 0.05) is 6.04 Å². The first-order valence-corrected chi connectivity index (χ1v) is 5.71. The summed E-state index contributed by atoms with van der Waals surface area (Å²) in [5.74, 6) is 0. The predicted octanol–water partition coefficient (Wildman–Crippen LogP) is 2.42. The molecule has 1 aromatic carbocycles. The van der Waals surface area contributed by atoms with Gasteiger partial charge in [-0.1, -0.05) is 30.3 Å². The molecule has 0 fully saturated rings. The van der Waals surface area contributed by atoms with Crippen molar-refractivity contribution in [3.8, 4) is 0 Å². The Labute approximate surface area is 93.1 Å². The highest BCUT2D eigenvalue weighted by Crippen LogP contribution is 2.18. The molecule has 0 bridgehead atoms. The molecule has 2 N–H and O–H groups in total. The molecule has 0 aliphatic heterocycles.